The molecule has 0 saturated carbocycles. The average molecular weight is 459 g/mol. The molecule has 0 bridgehead atoms. The van der Waals surface area contributed by atoms with E-state index in [9.17, 15) is 9.90 Å². The minimum absolute atomic E-state index is 0. The Morgan fingerprint density at radius 2 is 1.74 bits per heavy atom. The van der Waals surface area contributed by atoms with Gasteiger partial charge >= 0.3 is 57.0 Å². The maximum atomic E-state index is 13.2. The van der Waals surface area contributed by atoms with Crippen LogP contribution in [0.1, 0.15) is 5.56 Å². The molecule has 0 fully saturated rings. The first-order chi connectivity index (χ1) is 12.6. The number of methoxy groups -OCH3 is 3. The predicted octanol–water partition coefficient (Wildman–Crippen LogP) is 0.458. The van der Waals surface area contributed by atoms with E-state index in [-0.39, 0.29) is 79.4 Å². The van der Waals surface area contributed by atoms with E-state index in [1.807, 2.05) is 12.1 Å². The van der Waals surface area contributed by atoms with Crippen molar-refractivity contribution in [3.8, 4) is 34.1 Å². The van der Waals surface area contributed by atoms with E-state index in [0.717, 1.165) is 5.56 Å². The van der Waals surface area contributed by atoms with Crippen LogP contribution in [0.15, 0.2) is 39.5 Å². The third-order valence-electron chi connectivity index (χ3n) is 4.09. The molecule has 3 aromatic rings. The molecule has 6 nitrogen and oxygen atoms in total. The summed E-state index contributed by atoms with van der Waals surface area (Å²) in [6.07, 6.45) is 0. The van der Waals surface area contributed by atoms with Gasteiger partial charge in [0.05, 0.1) is 32.3 Å². The number of hydrogen-bond donors (Lipinski definition) is 0. The number of ether oxygens (including phenoxy) is 3. The van der Waals surface area contributed by atoms with Crippen molar-refractivity contribution in [3.05, 3.63) is 46.3 Å². The van der Waals surface area contributed by atoms with Gasteiger partial charge in [0.1, 0.15) is 5.58 Å². The first kappa shape index (κ1) is 22.3. The maximum Gasteiger partial charge on any atom is 1.00 e. The molecule has 0 atom stereocenters. The fourth-order valence-electron chi connectivity index (χ4n) is 2.91. The summed E-state index contributed by atoms with van der Waals surface area (Å²) in [5.41, 5.74) is 0.635. The van der Waals surface area contributed by atoms with Gasteiger partial charge in [-0.05, 0) is 11.1 Å². The minimum Gasteiger partial charge on any atom is -0.871 e. The minimum atomic E-state index is -0.717. The van der Waals surface area contributed by atoms with Crippen LogP contribution in [0.5, 0.6) is 23.0 Å². The van der Waals surface area contributed by atoms with Crippen LogP contribution in [-0.4, -0.2) is 21.3 Å². The largest absolute Gasteiger partial charge is 1.00 e. The summed E-state index contributed by atoms with van der Waals surface area (Å²) >= 11 is 3.38. The molecule has 2 aromatic carbocycles. The SMILES string of the molecule is COc1cc2oc(=O)c(-c3ccccc3CBr)c([O-])c2c(OC)c1OC.[K+]. The van der Waals surface area contributed by atoms with E-state index in [4.69, 9.17) is 18.6 Å². The predicted molar refractivity (Wildman–Crippen MR) is 99.7 cm³/mol. The van der Waals surface area contributed by atoms with Crippen LogP contribution in [0.3, 0.4) is 0 Å². The van der Waals surface area contributed by atoms with Crippen LogP contribution in [0.25, 0.3) is 22.1 Å². The zero-order chi connectivity index (χ0) is 18.8. The van der Waals surface area contributed by atoms with Gasteiger partial charge in [0.25, 0.3) is 0 Å². The van der Waals surface area contributed by atoms with Gasteiger partial charge in [0.2, 0.25) is 5.75 Å². The third kappa shape index (κ3) is 3.92. The van der Waals surface area contributed by atoms with Crippen LogP contribution in [0.2, 0.25) is 0 Å². The van der Waals surface area contributed by atoms with Crippen LogP contribution in [-0.2, 0) is 5.33 Å². The van der Waals surface area contributed by atoms with Crippen molar-refractivity contribution in [2.24, 2.45) is 0 Å². The van der Waals surface area contributed by atoms with E-state index >= 15 is 0 Å². The molecule has 0 amide bonds. The molecule has 8 heteroatoms. The standard InChI is InChI=1S/C19H17BrO6.K/c1-23-13-8-12-15(18(25-3)17(13)24-2)16(21)14(19(22)26-12)11-7-5-4-6-10(11)9-20;/h4-8,21H,9H2,1-3H3;/q;+1/p-1. The van der Waals surface area contributed by atoms with Gasteiger partial charge in [-0.2, -0.15) is 0 Å². The van der Waals surface area contributed by atoms with Crippen molar-refractivity contribution in [3.63, 3.8) is 0 Å². The molecule has 136 valence electrons. The Bertz CT molecular complexity index is 1030. The Labute approximate surface area is 207 Å². The number of fused-ring (bicyclic) bond motifs is 1. The normalized spacial score (nSPS) is 10.4. The van der Waals surface area contributed by atoms with Crippen LogP contribution >= 0.6 is 15.9 Å². The van der Waals surface area contributed by atoms with E-state index in [1.165, 1.54) is 27.4 Å². The summed E-state index contributed by atoms with van der Waals surface area (Å²) < 4.78 is 21.4. The number of halogens is 1. The van der Waals surface area contributed by atoms with Gasteiger partial charge in [-0.15, -0.1) is 0 Å². The molecular formula is C19H16BrKO6. The third-order valence-corrected chi connectivity index (χ3v) is 4.69. The van der Waals surface area contributed by atoms with E-state index in [1.54, 1.807) is 12.1 Å². The van der Waals surface area contributed by atoms with Crippen LogP contribution in [0, 0.1) is 0 Å². The summed E-state index contributed by atoms with van der Waals surface area (Å²) in [6.45, 7) is 0. The smallest absolute Gasteiger partial charge is 0.871 e. The molecule has 3 rings (SSSR count). The fraction of sp³-hybridized carbons (Fsp3) is 0.211. The van der Waals surface area contributed by atoms with Gasteiger partial charge in [-0.25, -0.2) is 4.79 Å². The van der Waals surface area contributed by atoms with E-state index < -0.39 is 11.4 Å². The van der Waals surface area contributed by atoms with Crippen LogP contribution in [0.4, 0.5) is 0 Å². The molecule has 0 unspecified atom stereocenters. The van der Waals surface area contributed by atoms with Crippen molar-refractivity contribution in [2.45, 2.75) is 5.33 Å². The Balaban J connectivity index is 0.00000261. The fourth-order valence-corrected chi connectivity index (χ4v) is 3.40. The zero-order valence-electron chi connectivity index (χ0n) is 15.4. The second-order valence-electron chi connectivity index (χ2n) is 5.40. The van der Waals surface area contributed by atoms with E-state index in [2.05, 4.69) is 15.9 Å². The zero-order valence-corrected chi connectivity index (χ0v) is 20.1. The quantitative estimate of drug-likeness (QED) is 0.313. The summed E-state index contributed by atoms with van der Waals surface area (Å²) in [7, 11) is 4.30. The molecule has 1 aromatic heterocycles. The van der Waals surface area contributed by atoms with E-state index in [0.29, 0.717) is 16.6 Å². The summed E-state index contributed by atoms with van der Waals surface area (Å²) in [4.78, 5) is 12.6. The molecule has 0 saturated heterocycles. The first-order valence-electron chi connectivity index (χ1n) is 7.68. The first-order valence-corrected chi connectivity index (χ1v) is 8.80. The van der Waals surface area contributed by atoms with Gasteiger partial charge in [-0.1, -0.05) is 45.9 Å². The molecule has 27 heavy (non-hydrogen) atoms. The topological polar surface area (TPSA) is 81.0 Å². The van der Waals surface area contributed by atoms with Crippen molar-refractivity contribution >= 4 is 26.9 Å². The summed E-state index contributed by atoms with van der Waals surface area (Å²) in [6, 6.07) is 8.58. The summed E-state index contributed by atoms with van der Waals surface area (Å²) in [5.74, 6) is 0.233. The monoisotopic (exact) mass is 458 g/mol. The second kappa shape index (κ2) is 9.44. The number of hydrogen-bond acceptors (Lipinski definition) is 6. The second-order valence-corrected chi connectivity index (χ2v) is 5.96. The molecule has 1 heterocycles. The van der Waals surface area contributed by atoms with Crippen molar-refractivity contribution in [1.82, 2.24) is 0 Å². The molecule has 0 N–H and O–H groups in total. The Kier molecular flexibility index (Phi) is 7.79. The number of benzene rings is 2. The molecule has 0 aliphatic rings. The Hall–Kier alpha value is -1.03. The van der Waals surface area contributed by atoms with Gasteiger partial charge < -0.3 is 23.7 Å². The molecule has 0 aliphatic heterocycles. The number of alkyl halides is 1. The van der Waals surface area contributed by atoms with Crippen LogP contribution < -0.4 is 76.3 Å². The average Bonchev–Trinajstić information content (AvgIpc) is 2.66. The van der Waals surface area contributed by atoms with Gasteiger partial charge in [0, 0.05) is 11.4 Å². The van der Waals surface area contributed by atoms with Crippen molar-refractivity contribution < 1.29 is 75.1 Å². The Morgan fingerprint density at radius 1 is 1.07 bits per heavy atom. The number of rotatable bonds is 5. The Morgan fingerprint density at radius 3 is 2.33 bits per heavy atom. The van der Waals surface area contributed by atoms with Gasteiger partial charge in [0.15, 0.2) is 11.5 Å². The molecular weight excluding hydrogens is 443 g/mol. The molecule has 0 aliphatic carbocycles. The van der Waals surface area contributed by atoms with Crippen molar-refractivity contribution in [1.29, 1.82) is 0 Å². The molecule has 0 radical (unpaired) electrons. The maximum absolute atomic E-state index is 13.2. The molecule has 0 spiro atoms. The van der Waals surface area contributed by atoms with Gasteiger partial charge in [-0.3, -0.25) is 0 Å². The van der Waals surface area contributed by atoms with Crippen molar-refractivity contribution in [2.75, 3.05) is 21.3 Å². The summed E-state index contributed by atoms with van der Waals surface area (Å²) in [5, 5.41) is 13.8.